The smallest absolute Gasteiger partial charge is 0.326 e. The number of carbonyl (C=O) groups is 2. The van der Waals surface area contributed by atoms with Crippen LogP contribution in [0.15, 0.2) is 0 Å². The van der Waals surface area contributed by atoms with Crippen molar-refractivity contribution >= 4 is 11.9 Å². The summed E-state index contributed by atoms with van der Waals surface area (Å²) in [7, 11) is 0. The molecule has 2 rings (SSSR count). The van der Waals surface area contributed by atoms with Crippen molar-refractivity contribution in [3.63, 3.8) is 0 Å². The summed E-state index contributed by atoms with van der Waals surface area (Å²) in [5, 5.41) is 12.7. The van der Waals surface area contributed by atoms with E-state index in [9.17, 15) is 14.7 Å². The largest absolute Gasteiger partial charge is 0.480 e. The molecule has 0 aromatic carbocycles. The molecule has 2 N–H and O–H groups in total. The van der Waals surface area contributed by atoms with Crippen LogP contribution in [0.3, 0.4) is 0 Å². The van der Waals surface area contributed by atoms with Crippen molar-refractivity contribution in [1.29, 1.82) is 0 Å². The van der Waals surface area contributed by atoms with E-state index in [0.717, 1.165) is 32.2 Å². The van der Waals surface area contributed by atoms with Crippen molar-refractivity contribution in [2.45, 2.75) is 45.6 Å². The second kappa shape index (κ2) is 5.49. The van der Waals surface area contributed by atoms with E-state index in [1.54, 1.807) is 4.90 Å². The molecule has 108 valence electrons. The van der Waals surface area contributed by atoms with Crippen molar-refractivity contribution in [1.82, 2.24) is 10.2 Å². The van der Waals surface area contributed by atoms with Crippen LogP contribution in [0.1, 0.15) is 39.5 Å². The Morgan fingerprint density at radius 3 is 2.63 bits per heavy atom. The molecule has 2 fully saturated rings. The van der Waals surface area contributed by atoms with E-state index in [0.29, 0.717) is 13.1 Å². The van der Waals surface area contributed by atoms with Gasteiger partial charge in [-0.2, -0.15) is 0 Å². The van der Waals surface area contributed by atoms with Crippen LogP contribution in [0.25, 0.3) is 0 Å². The highest BCUT2D eigenvalue weighted by molar-refractivity contribution is 5.86. The van der Waals surface area contributed by atoms with E-state index in [2.05, 4.69) is 5.32 Å². The molecule has 2 aliphatic heterocycles. The molecule has 0 aliphatic carbocycles. The number of rotatable bonds is 2. The molecule has 0 bridgehead atoms. The van der Waals surface area contributed by atoms with Gasteiger partial charge in [0.15, 0.2) is 0 Å². The van der Waals surface area contributed by atoms with Crippen LogP contribution in [0.5, 0.6) is 0 Å². The number of hydrogen-bond acceptors (Lipinski definition) is 3. The lowest BCUT2D eigenvalue weighted by atomic mass is 9.76. The number of amides is 1. The number of piperidine rings is 2. The highest BCUT2D eigenvalue weighted by Crippen LogP contribution is 2.36. The van der Waals surface area contributed by atoms with Crippen molar-refractivity contribution in [3.05, 3.63) is 0 Å². The second-order valence-corrected chi connectivity index (χ2v) is 6.41. The van der Waals surface area contributed by atoms with E-state index >= 15 is 0 Å². The van der Waals surface area contributed by atoms with Gasteiger partial charge in [-0.1, -0.05) is 13.8 Å². The lowest BCUT2D eigenvalue weighted by Gasteiger charge is -2.45. The van der Waals surface area contributed by atoms with Gasteiger partial charge in [-0.25, -0.2) is 4.79 Å². The molecule has 1 amide bonds. The number of carboxylic acids is 1. The third-order valence-electron chi connectivity index (χ3n) is 4.44. The van der Waals surface area contributed by atoms with Crippen LogP contribution in [0.4, 0.5) is 0 Å². The Labute approximate surface area is 114 Å². The maximum atomic E-state index is 12.6. The topological polar surface area (TPSA) is 69.6 Å². The SMILES string of the molecule is CC1(C)CCCN(C(=O)[C@@H]2CCCNC2)C1C(=O)O. The number of aliphatic carboxylic acids is 1. The van der Waals surface area contributed by atoms with Gasteiger partial charge in [0.25, 0.3) is 0 Å². The molecule has 2 heterocycles. The Morgan fingerprint density at radius 1 is 1.32 bits per heavy atom. The molecule has 5 heteroatoms. The molecule has 2 saturated heterocycles. The first-order chi connectivity index (χ1) is 8.93. The van der Waals surface area contributed by atoms with Crippen molar-refractivity contribution in [2.24, 2.45) is 11.3 Å². The fourth-order valence-corrected chi connectivity index (χ4v) is 3.39. The Morgan fingerprint density at radius 2 is 2.05 bits per heavy atom. The summed E-state index contributed by atoms with van der Waals surface area (Å²) in [4.78, 5) is 25.8. The summed E-state index contributed by atoms with van der Waals surface area (Å²) in [6.07, 6.45) is 3.61. The molecule has 0 radical (unpaired) electrons. The zero-order valence-corrected chi connectivity index (χ0v) is 11.8. The first-order valence-corrected chi connectivity index (χ1v) is 7.17. The van der Waals surface area contributed by atoms with Gasteiger partial charge < -0.3 is 15.3 Å². The van der Waals surface area contributed by atoms with Gasteiger partial charge >= 0.3 is 5.97 Å². The van der Waals surface area contributed by atoms with Crippen LogP contribution < -0.4 is 5.32 Å². The molecule has 0 aromatic rings. The first kappa shape index (κ1) is 14.3. The third-order valence-corrected chi connectivity index (χ3v) is 4.44. The number of carbonyl (C=O) groups excluding carboxylic acids is 1. The minimum atomic E-state index is -0.873. The molecule has 1 unspecified atom stereocenters. The predicted octanol–water partition coefficient (Wildman–Crippen LogP) is 1.09. The number of likely N-dealkylation sites (tertiary alicyclic amines) is 1. The number of carboxylic acid groups (broad SMARTS) is 1. The van der Waals surface area contributed by atoms with Crippen LogP contribution in [0.2, 0.25) is 0 Å². The van der Waals surface area contributed by atoms with Crippen LogP contribution in [-0.4, -0.2) is 47.6 Å². The Balaban J connectivity index is 2.15. The van der Waals surface area contributed by atoms with E-state index < -0.39 is 12.0 Å². The monoisotopic (exact) mass is 268 g/mol. The summed E-state index contributed by atoms with van der Waals surface area (Å²) in [6, 6.07) is -0.685. The van der Waals surface area contributed by atoms with Gasteiger partial charge in [-0.15, -0.1) is 0 Å². The average molecular weight is 268 g/mol. The number of nitrogens with zero attached hydrogens (tertiary/aromatic N) is 1. The maximum absolute atomic E-state index is 12.6. The van der Waals surface area contributed by atoms with Crippen LogP contribution in [0, 0.1) is 11.3 Å². The maximum Gasteiger partial charge on any atom is 0.326 e. The van der Waals surface area contributed by atoms with Crippen LogP contribution in [-0.2, 0) is 9.59 Å². The fourth-order valence-electron chi connectivity index (χ4n) is 3.39. The van der Waals surface area contributed by atoms with Gasteiger partial charge in [0.1, 0.15) is 6.04 Å². The molecule has 5 nitrogen and oxygen atoms in total. The van der Waals surface area contributed by atoms with E-state index in [4.69, 9.17) is 0 Å². The summed E-state index contributed by atoms with van der Waals surface area (Å²) in [5.41, 5.74) is -0.345. The van der Waals surface area contributed by atoms with Crippen LogP contribution >= 0.6 is 0 Å². The average Bonchev–Trinajstić information content (AvgIpc) is 2.37. The normalized spacial score (nSPS) is 30.9. The summed E-state index contributed by atoms with van der Waals surface area (Å²) >= 11 is 0. The fraction of sp³-hybridized carbons (Fsp3) is 0.857. The molecule has 0 saturated carbocycles. The highest BCUT2D eigenvalue weighted by atomic mass is 16.4. The van der Waals surface area contributed by atoms with Gasteiger partial charge in [0, 0.05) is 13.1 Å². The summed E-state index contributed by atoms with van der Waals surface area (Å²) < 4.78 is 0. The molecule has 0 aromatic heterocycles. The zero-order chi connectivity index (χ0) is 14.0. The molecular weight excluding hydrogens is 244 g/mol. The lowest BCUT2D eigenvalue weighted by Crippen LogP contribution is -2.58. The molecule has 19 heavy (non-hydrogen) atoms. The third kappa shape index (κ3) is 2.91. The molecule has 0 spiro atoms. The van der Waals surface area contributed by atoms with Gasteiger partial charge in [-0.05, 0) is 37.6 Å². The Hall–Kier alpha value is -1.10. The predicted molar refractivity (Wildman–Crippen MR) is 71.7 cm³/mol. The quantitative estimate of drug-likeness (QED) is 0.786. The van der Waals surface area contributed by atoms with E-state index in [1.807, 2.05) is 13.8 Å². The molecule has 2 atom stereocenters. The van der Waals surface area contributed by atoms with E-state index in [-0.39, 0.29) is 17.2 Å². The lowest BCUT2D eigenvalue weighted by molar-refractivity contribution is -0.161. The first-order valence-electron chi connectivity index (χ1n) is 7.17. The summed E-state index contributed by atoms with van der Waals surface area (Å²) in [5.74, 6) is -0.904. The standard InChI is InChI=1S/C14H24N2O3/c1-14(2)6-4-8-16(11(14)13(18)19)12(17)10-5-3-7-15-9-10/h10-11,15H,3-9H2,1-2H3,(H,18,19)/t10-,11?/m1/s1. The highest BCUT2D eigenvalue weighted by Gasteiger charge is 2.45. The second-order valence-electron chi connectivity index (χ2n) is 6.41. The Bertz CT molecular complexity index is 362. The van der Waals surface area contributed by atoms with Gasteiger partial charge in [0.2, 0.25) is 5.91 Å². The van der Waals surface area contributed by atoms with Gasteiger partial charge in [0.05, 0.1) is 5.92 Å². The van der Waals surface area contributed by atoms with Crippen molar-refractivity contribution < 1.29 is 14.7 Å². The van der Waals surface area contributed by atoms with Crippen molar-refractivity contribution in [3.8, 4) is 0 Å². The molecular formula is C14H24N2O3. The number of hydrogen-bond donors (Lipinski definition) is 2. The Kier molecular flexibility index (Phi) is 4.13. The minimum Gasteiger partial charge on any atom is -0.480 e. The number of nitrogens with one attached hydrogen (secondary N) is 1. The molecule has 2 aliphatic rings. The summed E-state index contributed by atoms with van der Waals surface area (Å²) in [6.45, 7) is 6.12. The van der Waals surface area contributed by atoms with Crippen molar-refractivity contribution in [2.75, 3.05) is 19.6 Å². The van der Waals surface area contributed by atoms with Gasteiger partial charge in [-0.3, -0.25) is 4.79 Å². The minimum absolute atomic E-state index is 0.0207. The van der Waals surface area contributed by atoms with E-state index in [1.165, 1.54) is 0 Å². The zero-order valence-electron chi connectivity index (χ0n) is 11.8.